The van der Waals surface area contributed by atoms with Crippen molar-refractivity contribution in [1.82, 2.24) is 0 Å². The zero-order valence-corrected chi connectivity index (χ0v) is 15.0. The molecule has 0 aromatic rings. The van der Waals surface area contributed by atoms with Gasteiger partial charge in [0.2, 0.25) is 0 Å². The van der Waals surface area contributed by atoms with E-state index in [4.69, 9.17) is 5.73 Å². The third-order valence-electron chi connectivity index (χ3n) is 6.40. The Hall–Kier alpha value is -0.0800. The maximum absolute atomic E-state index is 11.8. The van der Waals surface area contributed by atoms with E-state index in [1.54, 1.807) is 0 Å². The largest absolute Gasteiger partial charge is 0.389 e. The standard InChI is InChI=1S/C19H37NO/c1-6-15-8-7-9-18(10-15,14-20)19(21)12-16(2,3)11-17(4,5)13-19/h15,21H,6-14,20H2,1-5H3. The van der Waals surface area contributed by atoms with Gasteiger partial charge >= 0.3 is 0 Å². The zero-order valence-electron chi connectivity index (χ0n) is 15.0. The van der Waals surface area contributed by atoms with Crippen molar-refractivity contribution in [2.45, 2.75) is 91.6 Å². The molecule has 0 saturated heterocycles. The lowest BCUT2D eigenvalue weighted by Gasteiger charge is -2.59. The van der Waals surface area contributed by atoms with Crippen molar-refractivity contribution in [3.8, 4) is 0 Å². The molecule has 2 aliphatic carbocycles. The Labute approximate surface area is 131 Å². The molecule has 2 saturated carbocycles. The summed E-state index contributed by atoms with van der Waals surface area (Å²) in [6.45, 7) is 12.2. The summed E-state index contributed by atoms with van der Waals surface area (Å²) in [5.41, 5.74) is 6.06. The lowest BCUT2D eigenvalue weighted by molar-refractivity contribution is -0.178. The van der Waals surface area contributed by atoms with Crippen LogP contribution in [-0.2, 0) is 0 Å². The fourth-order valence-corrected chi connectivity index (χ4v) is 6.07. The molecule has 3 N–H and O–H groups in total. The highest BCUT2D eigenvalue weighted by atomic mass is 16.3. The van der Waals surface area contributed by atoms with Crippen LogP contribution >= 0.6 is 0 Å². The van der Waals surface area contributed by atoms with Crippen LogP contribution in [0, 0.1) is 22.2 Å². The van der Waals surface area contributed by atoms with Gasteiger partial charge in [-0.05, 0) is 48.9 Å². The summed E-state index contributed by atoms with van der Waals surface area (Å²) in [7, 11) is 0. The molecule has 0 radical (unpaired) electrons. The molecule has 2 nitrogen and oxygen atoms in total. The second-order valence-electron chi connectivity index (χ2n) is 9.75. The van der Waals surface area contributed by atoms with Gasteiger partial charge in [0.15, 0.2) is 0 Å². The van der Waals surface area contributed by atoms with E-state index in [2.05, 4.69) is 34.6 Å². The maximum Gasteiger partial charge on any atom is 0.0726 e. The molecule has 0 aliphatic heterocycles. The van der Waals surface area contributed by atoms with E-state index >= 15 is 0 Å². The number of hydrogen-bond acceptors (Lipinski definition) is 2. The molecule has 124 valence electrons. The number of rotatable bonds is 3. The lowest BCUT2D eigenvalue weighted by atomic mass is 9.49. The Balaban J connectivity index is 2.34. The first kappa shape index (κ1) is 17.3. The van der Waals surface area contributed by atoms with E-state index < -0.39 is 5.60 Å². The molecule has 0 amide bonds. The number of nitrogens with two attached hydrogens (primary N) is 1. The molecule has 2 atom stereocenters. The van der Waals surface area contributed by atoms with Gasteiger partial charge in [0.1, 0.15) is 0 Å². The fraction of sp³-hybridized carbons (Fsp3) is 1.00. The van der Waals surface area contributed by atoms with Crippen LogP contribution in [0.2, 0.25) is 0 Å². The van der Waals surface area contributed by atoms with Crippen molar-refractivity contribution in [2.75, 3.05) is 6.54 Å². The minimum Gasteiger partial charge on any atom is -0.389 e. The summed E-state index contributed by atoms with van der Waals surface area (Å²) >= 11 is 0. The van der Waals surface area contributed by atoms with Gasteiger partial charge in [-0.2, -0.15) is 0 Å². The monoisotopic (exact) mass is 295 g/mol. The van der Waals surface area contributed by atoms with E-state index in [1.807, 2.05) is 0 Å². The van der Waals surface area contributed by atoms with Gasteiger partial charge in [-0.1, -0.05) is 53.9 Å². The van der Waals surface area contributed by atoms with Crippen LogP contribution in [-0.4, -0.2) is 17.3 Å². The Kier molecular flexibility index (Phi) is 4.55. The summed E-state index contributed by atoms with van der Waals surface area (Å²) in [6, 6.07) is 0. The van der Waals surface area contributed by atoms with Crippen molar-refractivity contribution >= 4 is 0 Å². The van der Waals surface area contributed by atoms with Crippen molar-refractivity contribution in [3.05, 3.63) is 0 Å². The third kappa shape index (κ3) is 3.32. The maximum atomic E-state index is 11.8. The molecule has 2 rings (SSSR count). The summed E-state index contributed by atoms with van der Waals surface area (Å²) < 4.78 is 0. The third-order valence-corrected chi connectivity index (χ3v) is 6.40. The van der Waals surface area contributed by atoms with E-state index in [1.165, 1.54) is 25.7 Å². The molecule has 0 aromatic heterocycles. The molecule has 2 aliphatic rings. The number of aliphatic hydroxyl groups is 1. The first-order chi connectivity index (χ1) is 9.57. The molecule has 0 heterocycles. The minimum absolute atomic E-state index is 0.0547. The predicted octanol–water partition coefficient (Wildman–Crippen LogP) is 4.50. The quantitative estimate of drug-likeness (QED) is 0.805. The molecular weight excluding hydrogens is 258 g/mol. The Morgan fingerprint density at radius 1 is 1.05 bits per heavy atom. The van der Waals surface area contributed by atoms with E-state index in [9.17, 15) is 5.11 Å². The molecule has 0 aromatic carbocycles. The van der Waals surface area contributed by atoms with Crippen LogP contribution in [0.4, 0.5) is 0 Å². The van der Waals surface area contributed by atoms with E-state index in [0.717, 1.165) is 31.6 Å². The fourth-order valence-electron chi connectivity index (χ4n) is 6.07. The highest BCUT2D eigenvalue weighted by Gasteiger charge is 2.57. The van der Waals surface area contributed by atoms with Crippen LogP contribution in [0.3, 0.4) is 0 Å². The van der Waals surface area contributed by atoms with Gasteiger partial charge in [0.25, 0.3) is 0 Å². The lowest BCUT2D eigenvalue weighted by Crippen LogP contribution is -2.60. The van der Waals surface area contributed by atoms with Gasteiger partial charge in [0.05, 0.1) is 5.60 Å². The predicted molar refractivity (Wildman–Crippen MR) is 90.1 cm³/mol. The molecule has 0 bridgehead atoms. The highest BCUT2D eigenvalue weighted by Crippen LogP contribution is 2.59. The first-order valence-corrected chi connectivity index (χ1v) is 9.00. The van der Waals surface area contributed by atoms with Crippen LogP contribution < -0.4 is 5.73 Å². The van der Waals surface area contributed by atoms with Crippen molar-refractivity contribution < 1.29 is 5.11 Å². The summed E-state index contributed by atoms with van der Waals surface area (Å²) in [6.07, 6.45) is 9.05. The van der Waals surface area contributed by atoms with Crippen LogP contribution in [0.1, 0.15) is 86.0 Å². The van der Waals surface area contributed by atoms with Crippen LogP contribution in [0.25, 0.3) is 0 Å². The zero-order chi connectivity index (χ0) is 15.9. The van der Waals surface area contributed by atoms with Gasteiger partial charge < -0.3 is 10.8 Å². The molecule has 2 fully saturated rings. The van der Waals surface area contributed by atoms with Gasteiger partial charge in [-0.3, -0.25) is 0 Å². The summed E-state index contributed by atoms with van der Waals surface area (Å²) in [5.74, 6) is 0.750. The van der Waals surface area contributed by atoms with Gasteiger partial charge in [-0.15, -0.1) is 0 Å². The van der Waals surface area contributed by atoms with E-state index in [-0.39, 0.29) is 16.2 Å². The average Bonchev–Trinajstić information content (AvgIpc) is 2.34. The molecular formula is C19H37NO. The average molecular weight is 296 g/mol. The van der Waals surface area contributed by atoms with Gasteiger partial charge in [0, 0.05) is 12.0 Å². The second kappa shape index (κ2) is 5.53. The molecule has 2 heteroatoms. The smallest absolute Gasteiger partial charge is 0.0726 e. The second-order valence-corrected chi connectivity index (χ2v) is 9.75. The normalized spacial score (nSPS) is 38.1. The van der Waals surface area contributed by atoms with Crippen LogP contribution in [0.5, 0.6) is 0 Å². The number of hydrogen-bond donors (Lipinski definition) is 2. The Bertz CT molecular complexity index is 358. The summed E-state index contributed by atoms with van der Waals surface area (Å²) in [5, 5.41) is 11.8. The SMILES string of the molecule is CCC1CCCC(CN)(C2(O)CC(C)(C)CC(C)(C)C2)C1. The molecule has 0 spiro atoms. The van der Waals surface area contributed by atoms with E-state index in [0.29, 0.717) is 6.54 Å². The molecule has 2 unspecified atom stereocenters. The topological polar surface area (TPSA) is 46.2 Å². The Morgan fingerprint density at radius 3 is 2.10 bits per heavy atom. The first-order valence-electron chi connectivity index (χ1n) is 9.00. The van der Waals surface area contributed by atoms with Crippen molar-refractivity contribution in [3.63, 3.8) is 0 Å². The van der Waals surface area contributed by atoms with Gasteiger partial charge in [-0.25, -0.2) is 0 Å². The van der Waals surface area contributed by atoms with Crippen molar-refractivity contribution in [2.24, 2.45) is 27.9 Å². The van der Waals surface area contributed by atoms with Crippen LogP contribution in [0.15, 0.2) is 0 Å². The molecule has 21 heavy (non-hydrogen) atoms. The highest BCUT2D eigenvalue weighted by molar-refractivity contribution is 5.09. The van der Waals surface area contributed by atoms with Crippen molar-refractivity contribution in [1.29, 1.82) is 0 Å². The Morgan fingerprint density at radius 2 is 1.62 bits per heavy atom. The summed E-state index contributed by atoms with van der Waals surface area (Å²) in [4.78, 5) is 0. The minimum atomic E-state index is -0.582.